The summed E-state index contributed by atoms with van der Waals surface area (Å²) in [6.07, 6.45) is 9.98. The molecular formula is C21H61NP3S2W6-. The fourth-order valence-electron chi connectivity index (χ4n) is 0. The molecule has 0 amide bonds. The molecule has 1 nitrogen and oxygen atoms in total. The van der Waals surface area contributed by atoms with E-state index in [-0.39, 0.29) is 56.4 Å². The van der Waals surface area contributed by atoms with E-state index >= 15 is 0 Å². The first kappa shape index (κ1) is 77.2. The number of thioether (sulfide) groups is 1. The van der Waals surface area contributed by atoms with Gasteiger partial charge in [0.2, 0.25) is 0 Å². The summed E-state index contributed by atoms with van der Waals surface area (Å²) < 4.78 is 1.50. The first-order valence-electron chi connectivity index (χ1n) is 9.60. The fourth-order valence-corrected chi connectivity index (χ4v) is 0. The van der Waals surface area contributed by atoms with Gasteiger partial charge in [0.15, 0.2) is 0 Å². The van der Waals surface area contributed by atoms with Gasteiger partial charge in [0.25, 0.3) is 0 Å². The molecule has 0 spiro atoms. The summed E-state index contributed by atoms with van der Waals surface area (Å²) in [7, 11) is 0.380. The Morgan fingerprint density at radius 1 is 0.939 bits per heavy atom. The smallest absolute Gasteiger partial charge is 0 e. The van der Waals surface area contributed by atoms with Crippen molar-refractivity contribution in [3.05, 3.63) is 7.43 Å². The van der Waals surface area contributed by atoms with Gasteiger partial charge in [0, 0.05) is 42.1 Å². The Bertz CT molecular complexity index is 382. The average Bonchev–Trinajstić information content (AvgIpc) is 2.50. The molecule has 12 heteroatoms. The van der Waals surface area contributed by atoms with Crippen molar-refractivity contribution < 1.29 is 117 Å². The predicted octanol–water partition coefficient (Wildman–Crippen LogP) is 9.17. The molecule has 0 aliphatic rings. The molecular weight excluding hydrogens is 1530 g/mol. The predicted molar refractivity (Wildman–Crippen MR) is 163 cm³/mol. The maximum absolute atomic E-state index is 5.50. The van der Waals surface area contributed by atoms with Gasteiger partial charge in [0.05, 0.1) is 0 Å². The average molecular weight is 1590 g/mol. The van der Waals surface area contributed by atoms with Gasteiger partial charge < -0.3 is 7.43 Å². The Morgan fingerprint density at radius 3 is 0.939 bits per heavy atom. The summed E-state index contributed by atoms with van der Waals surface area (Å²) in [6, 6.07) is 0. The Morgan fingerprint density at radius 2 is 0.939 bits per heavy atom. The van der Waals surface area contributed by atoms with Crippen molar-refractivity contribution in [3.63, 3.8) is 0 Å². The third-order valence-electron chi connectivity index (χ3n) is 0. The van der Waals surface area contributed by atoms with Crippen LogP contribution in [-0.2, 0) is 117 Å². The molecule has 0 bridgehead atoms. The van der Waals surface area contributed by atoms with Crippen LogP contribution in [0, 0.1) is 7.43 Å². The molecule has 214 valence electrons. The van der Waals surface area contributed by atoms with Crippen molar-refractivity contribution in [2.75, 3.05) is 65.0 Å². The summed E-state index contributed by atoms with van der Waals surface area (Å²) in [5.41, 5.74) is 5.50. The van der Waals surface area contributed by atoms with Gasteiger partial charge in [-0.05, 0) is 32.5 Å². The Balaban J connectivity index is -0.0000000152. The van der Waals surface area contributed by atoms with Crippen LogP contribution in [0.25, 0.3) is 0 Å². The maximum atomic E-state index is 5.50. The third-order valence-corrected chi connectivity index (χ3v) is 0. The number of hydrogen-bond acceptors (Lipinski definition) is 2. The molecule has 0 saturated carbocycles. The molecule has 0 radical (unpaired) electrons. The molecule has 0 aromatic rings. The fraction of sp³-hybridized carbons (Fsp3) is 0.857. The molecule has 2 N–H and O–H groups in total. The normalized spacial score (nSPS) is 7.15. The van der Waals surface area contributed by atoms with E-state index in [1.165, 1.54) is 10.1 Å². The monoisotopic (exact) mass is 1590 g/mol. The number of rotatable bonds is 0. The van der Waals surface area contributed by atoms with E-state index in [1.807, 2.05) is 54.1 Å². The molecule has 0 fully saturated rings. The molecule has 0 aromatic heterocycles. The van der Waals surface area contributed by atoms with Crippen LogP contribution in [0.2, 0.25) is 0 Å². The SMILES string of the molecule is C=[S](C)(C)=[W].CC.CC.CC.CP(C)C.CSC.C[C](C)=[W].C[P](C)(N)=[W].C[P]=[W].[CH3-].[W].[W]. The van der Waals surface area contributed by atoms with E-state index in [9.17, 15) is 0 Å². The number of nitrogens with two attached hydrogens (primary N) is 1. The molecule has 0 aromatic carbocycles. The quantitative estimate of drug-likeness (QED) is 0.149. The summed E-state index contributed by atoms with van der Waals surface area (Å²) in [4.78, 5) is 0. The summed E-state index contributed by atoms with van der Waals surface area (Å²) >= 11 is 8.17. The Hall–Kier alpha value is 5.69. The van der Waals surface area contributed by atoms with Crippen molar-refractivity contribution in [3.8, 4) is 0 Å². The van der Waals surface area contributed by atoms with E-state index in [4.69, 9.17) is 5.50 Å². The minimum absolute atomic E-state index is 0. The van der Waals surface area contributed by atoms with E-state index < -0.39 is 5.05 Å². The molecule has 0 aliphatic heterocycles. The molecule has 0 rings (SSSR count). The van der Waals surface area contributed by atoms with Crippen LogP contribution in [0.5, 0.6) is 0 Å². The maximum Gasteiger partial charge on any atom is 0 e. The van der Waals surface area contributed by atoms with Gasteiger partial charge in [-0.25, -0.2) is 0 Å². The molecule has 0 saturated heterocycles. The van der Waals surface area contributed by atoms with Crippen molar-refractivity contribution in [2.45, 2.75) is 55.4 Å². The van der Waals surface area contributed by atoms with Crippen LogP contribution in [-0.4, -0.2) is 74.8 Å². The molecule has 0 unspecified atom stereocenters. The Labute approximate surface area is 293 Å². The van der Waals surface area contributed by atoms with E-state index in [2.05, 4.69) is 72.2 Å². The Kier molecular flexibility index (Phi) is 180. The van der Waals surface area contributed by atoms with Gasteiger partial charge in [-0.15, -0.1) is 7.92 Å². The third kappa shape index (κ3) is 1480. The van der Waals surface area contributed by atoms with Gasteiger partial charge in [-0.1, -0.05) is 41.5 Å². The van der Waals surface area contributed by atoms with Crippen LogP contribution in [0.3, 0.4) is 0 Å². The zero-order chi connectivity index (χ0) is 27.6. The number of hydrogen-bond donors (Lipinski definition) is 1. The molecule has 0 aliphatic carbocycles. The van der Waals surface area contributed by atoms with Crippen molar-refractivity contribution >= 4 is 47.5 Å². The largest absolute Gasteiger partial charge is 0.358 e. The minimum atomic E-state index is -0.806. The van der Waals surface area contributed by atoms with Crippen molar-refractivity contribution in [2.24, 2.45) is 5.50 Å². The first-order valence-corrected chi connectivity index (χ1v) is 33.3. The van der Waals surface area contributed by atoms with Crippen molar-refractivity contribution in [1.82, 2.24) is 0 Å². The van der Waals surface area contributed by atoms with Crippen LogP contribution in [0.1, 0.15) is 55.4 Å². The molecule has 33 heavy (non-hydrogen) atoms. The minimum Gasteiger partial charge on any atom is -0.358 e. The summed E-state index contributed by atoms with van der Waals surface area (Å²) in [5.74, 6) is 3.89. The topological polar surface area (TPSA) is 26.0 Å². The second-order valence-corrected chi connectivity index (χ2v) is 42.1. The van der Waals surface area contributed by atoms with Crippen LogP contribution in [0.15, 0.2) is 0 Å². The zero-order valence-electron chi connectivity index (χ0n) is 25.4. The van der Waals surface area contributed by atoms with Gasteiger partial charge in [-0.2, -0.15) is 11.8 Å². The zero-order valence-corrected chi connectivity index (χ0v) is 47.3. The van der Waals surface area contributed by atoms with E-state index in [1.54, 1.807) is 86.7 Å². The second-order valence-electron chi connectivity index (χ2n) is 5.71. The van der Waals surface area contributed by atoms with Crippen LogP contribution >= 0.6 is 37.8 Å². The van der Waals surface area contributed by atoms with Gasteiger partial charge >= 0.3 is 155 Å². The van der Waals surface area contributed by atoms with Crippen LogP contribution in [0.4, 0.5) is 0 Å². The first-order chi connectivity index (χ1) is 13.3. The van der Waals surface area contributed by atoms with Gasteiger partial charge in [0.1, 0.15) is 0 Å². The standard InChI is InChI=1S/C3H9P.C3H8S.C3H6.C2H8NP.C2H6S.3C2H6.CH3P.CH3.6W/c2*1-4(2)3;1-3-2;1-4(2)3;1-3-2;4*1-2;;;;;;;/h1-3H3;1H2,2-3H3;1-2H3;3H2,1-2H3;1-2H3;3*1-2H3;1H3;1H3;;;;;;/q;;;;;;;;;-1;;;;;;. The summed E-state index contributed by atoms with van der Waals surface area (Å²) in [5, 5.41) is -0.806. The second kappa shape index (κ2) is 76.9. The molecule has 0 atom stereocenters. The molecule has 0 heterocycles. The van der Waals surface area contributed by atoms with Crippen LogP contribution < -0.4 is 5.50 Å². The van der Waals surface area contributed by atoms with Gasteiger partial charge in [-0.3, -0.25) is 0 Å². The van der Waals surface area contributed by atoms with E-state index in [0.29, 0.717) is 7.92 Å². The van der Waals surface area contributed by atoms with Crippen molar-refractivity contribution in [1.29, 1.82) is 0 Å². The van der Waals surface area contributed by atoms with E-state index in [0.717, 1.165) is 0 Å². The summed E-state index contributed by atoms with van der Waals surface area (Å²) in [6.45, 7) is 29.0.